The molecule has 96 valence electrons. The monoisotopic (exact) mass is 281 g/mol. The third kappa shape index (κ3) is 3.05. The van der Waals surface area contributed by atoms with E-state index in [1.807, 2.05) is 31.3 Å². The van der Waals surface area contributed by atoms with Gasteiger partial charge < -0.3 is 10.1 Å². The third-order valence-electron chi connectivity index (χ3n) is 2.87. The maximum atomic E-state index is 6.01. The molecule has 2 nitrogen and oxygen atoms in total. The van der Waals surface area contributed by atoms with Crippen molar-refractivity contribution in [3.05, 3.63) is 51.2 Å². The van der Waals surface area contributed by atoms with Gasteiger partial charge in [-0.2, -0.15) is 0 Å². The Balaban J connectivity index is 2.20. The Hall–Kier alpha value is -1.03. The molecule has 0 aliphatic heterocycles. The molecule has 1 heterocycles. The molecular formula is C14H16ClNOS. The van der Waals surface area contributed by atoms with Crippen LogP contribution in [0.5, 0.6) is 5.75 Å². The summed E-state index contributed by atoms with van der Waals surface area (Å²) < 4.78 is 5.37. The lowest BCUT2D eigenvalue weighted by Gasteiger charge is -2.16. The van der Waals surface area contributed by atoms with Gasteiger partial charge in [-0.05, 0) is 42.6 Å². The molecule has 1 aromatic carbocycles. The fourth-order valence-corrected chi connectivity index (χ4v) is 3.14. The molecule has 1 atom stereocenters. The van der Waals surface area contributed by atoms with E-state index < -0.39 is 0 Å². The zero-order valence-corrected chi connectivity index (χ0v) is 12.0. The number of thiophene rings is 1. The maximum Gasteiger partial charge on any atom is 0.134 e. The highest BCUT2D eigenvalue weighted by Crippen LogP contribution is 2.32. The molecule has 0 fully saturated rings. The number of benzene rings is 1. The largest absolute Gasteiger partial charge is 0.496 e. The minimum Gasteiger partial charge on any atom is -0.496 e. The summed E-state index contributed by atoms with van der Waals surface area (Å²) in [6, 6.07) is 10.2. The number of hydrogen-bond acceptors (Lipinski definition) is 3. The summed E-state index contributed by atoms with van der Waals surface area (Å²) in [5, 5.41) is 6.16. The van der Waals surface area contributed by atoms with Crippen LogP contribution in [0.4, 0.5) is 0 Å². The summed E-state index contributed by atoms with van der Waals surface area (Å²) in [6.45, 7) is 0. The Kier molecular flexibility index (Phi) is 4.64. The lowest BCUT2D eigenvalue weighted by molar-refractivity contribution is 0.405. The first-order valence-electron chi connectivity index (χ1n) is 5.77. The molecular weight excluding hydrogens is 266 g/mol. The first-order valence-corrected chi connectivity index (χ1v) is 7.03. The van der Waals surface area contributed by atoms with Gasteiger partial charge in [0.2, 0.25) is 0 Å². The Morgan fingerprint density at radius 2 is 2.22 bits per heavy atom. The van der Waals surface area contributed by atoms with E-state index in [1.165, 1.54) is 10.4 Å². The van der Waals surface area contributed by atoms with Crippen LogP contribution in [0.1, 0.15) is 16.5 Å². The quantitative estimate of drug-likeness (QED) is 0.897. The number of ether oxygens (including phenoxy) is 1. The first kappa shape index (κ1) is 13.4. The summed E-state index contributed by atoms with van der Waals surface area (Å²) in [5.74, 6) is 0.946. The number of methoxy groups -OCH3 is 1. The van der Waals surface area contributed by atoms with Crippen molar-refractivity contribution in [3.63, 3.8) is 0 Å². The molecule has 1 aromatic heterocycles. The first-order chi connectivity index (χ1) is 8.74. The average Bonchev–Trinajstić information content (AvgIpc) is 2.84. The standard InChI is InChI=1S/C14H16ClNOS/c1-16-12(14-13(17-2)6-7-18-14)9-10-4-3-5-11(15)8-10/h3-8,12,16H,9H2,1-2H3. The fourth-order valence-electron chi connectivity index (χ4n) is 1.96. The van der Waals surface area contributed by atoms with Crippen LogP contribution in [-0.2, 0) is 6.42 Å². The smallest absolute Gasteiger partial charge is 0.134 e. The summed E-state index contributed by atoms with van der Waals surface area (Å²) in [4.78, 5) is 1.22. The number of rotatable bonds is 5. The highest BCUT2D eigenvalue weighted by molar-refractivity contribution is 7.10. The van der Waals surface area contributed by atoms with E-state index in [-0.39, 0.29) is 6.04 Å². The molecule has 0 amide bonds. The van der Waals surface area contributed by atoms with Gasteiger partial charge in [-0.1, -0.05) is 23.7 Å². The molecule has 0 saturated carbocycles. The van der Waals surface area contributed by atoms with Crippen molar-refractivity contribution >= 4 is 22.9 Å². The Morgan fingerprint density at radius 1 is 1.39 bits per heavy atom. The van der Waals surface area contributed by atoms with Crippen molar-refractivity contribution in [2.45, 2.75) is 12.5 Å². The van der Waals surface area contributed by atoms with Gasteiger partial charge >= 0.3 is 0 Å². The predicted molar refractivity (Wildman–Crippen MR) is 77.8 cm³/mol. The van der Waals surface area contributed by atoms with Gasteiger partial charge in [0, 0.05) is 11.1 Å². The lowest BCUT2D eigenvalue weighted by atomic mass is 10.0. The fraction of sp³-hybridized carbons (Fsp3) is 0.286. The summed E-state index contributed by atoms with van der Waals surface area (Å²) in [7, 11) is 3.67. The minimum atomic E-state index is 0.249. The van der Waals surface area contributed by atoms with Crippen molar-refractivity contribution in [2.75, 3.05) is 14.2 Å². The van der Waals surface area contributed by atoms with Gasteiger partial charge in [-0.25, -0.2) is 0 Å². The number of likely N-dealkylation sites (N-methyl/N-ethyl adjacent to an activating group) is 1. The van der Waals surface area contributed by atoms with E-state index in [0.29, 0.717) is 0 Å². The zero-order valence-electron chi connectivity index (χ0n) is 10.4. The van der Waals surface area contributed by atoms with E-state index in [9.17, 15) is 0 Å². The van der Waals surface area contributed by atoms with Gasteiger partial charge in [0.05, 0.1) is 12.0 Å². The second-order valence-electron chi connectivity index (χ2n) is 4.03. The molecule has 0 spiro atoms. The highest BCUT2D eigenvalue weighted by Gasteiger charge is 2.16. The van der Waals surface area contributed by atoms with Crippen LogP contribution in [0.15, 0.2) is 35.7 Å². The molecule has 1 unspecified atom stereocenters. The van der Waals surface area contributed by atoms with Crippen LogP contribution in [0.3, 0.4) is 0 Å². The molecule has 18 heavy (non-hydrogen) atoms. The van der Waals surface area contributed by atoms with E-state index in [1.54, 1.807) is 18.4 Å². The van der Waals surface area contributed by atoms with E-state index in [4.69, 9.17) is 16.3 Å². The molecule has 0 aliphatic rings. The predicted octanol–water partition coefficient (Wildman–Crippen LogP) is 3.91. The Labute approximate surface area is 117 Å². The van der Waals surface area contributed by atoms with Crippen molar-refractivity contribution in [3.8, 4) is 5.75 Å². The summed E-state index contributed by atoms with van der Waals surface area (Å²) >= 11 is 7.72. The molecule has 0 radical (unpaired) electrons. The molecule has 0 aliphatic carbocycles. The molecule has 2 rings (SSSR count). The van der Waals surface area contributed by atoms with E-state index in [2.05, 4.69) is 16.8 Å². The maximum absolute atomic E-state index is 6.01. The normalized spacial score (nSPS) is 12.4. The number of nitrogens with one attached hydrogen (secondary N) is 1. The van der Waals surface area contributed by atoms with Crippen molar-refractivity contribution in [1.29, 1.82) is 0 Å². The second kappa shape index (κ2) is 6.23. The second-order valence-corrected chi connectivity index (χ2v) is 5.41. The molecule has 0 bridgehead atoms. The minimum absolute atomic E-state index is 0.249. The molecule has 0 saturated heterocycles. The average molecular weight is 282 g/mol. The summed E-state index contributed by atoms with van der Waals surface area (Å²) in [5.41, 5.74) is 1.22. The van der Waals surface area contributed by atoms with Gasteiger partial charge in [0.15, 0.2) is 0 Å². The summed E-state index contributed by atoms with van der Waals surface area (Å²) in [6.07, 6.45) is 0.897. The van der Waals surface area contributed by atoms with Crippen molar-refractivity contribution in [1.82, 2.24) is 5.32 Å². The number of halogens is 1. The molecule has 4 heteroatoms. The van der Waals surface area contributed by atoms with Crippen LogP contribution >= 0.6 is 22.9 Å². The molecule has 1 N–H and O–H groups in total. The van der Waals surface area contributed by atoms with Crippen LogP contribution in [0.25, 0.3) is 0 Å². The highest BCUT2D eigenvalue weighted by atomic mass is 35.5. The van der Waals surface area contributed by atoms with Crippen LogP contribution in [0, 0.1) is 0 Å². The van der Waals surface area contributed by atoms with Gasteiger partial charge in [-0.3, -0.25) is 0 Å². The zero-order chi connectivity index (χ0) is 13.0. The SMILES string of the molecule is CNC(Cc1cccc(Cl)c1)c1sccc1OC. The third-order valence-corrected chi connectivity index (χ3v) is 4.12. The Morgan fingerprint density at radius 3 is 2.89 bits per heavy atom. The van der Waals surface area contributed by atoms with Gasteiger partial charge in [-0.15, -0.1) is 11.3 Å². The topological polar surface area (TPSA) is 21.3 Å². The van der Waals surface area contributed by atoms with Gasteiger partial charge in [0.1, 0.15) is 5.75 Å². The number of hydrogen-bond donors (Lipinski definition) is 1. The Bertz CT molecular complexity index is 512. The molecule has 2 aromatic rings. The van der Waals surface area contributed by atoms with E-state index in [0.717, 1.165) is 17.2 Å². The lowest BCUT2D eigenvalue weighted by Crippen LogP contribution is -2.18. The van der Waals surface area contributed by atoms with Crippen molar-refractivity contribution in [2.24, 2.45) is 0 Å². The van der Waals surface area contributed by atoms with Crippen LogP contribution < -0.4 is 10.1 Å². The van der Waals surface area contributed by atoms with Crippen LogP contribution in [-0.4, -0.2) is 14.2 Å². The van der Waals surface area contributed by atoms with Gasteiger partial charge in [0.25, 0.3) is 0 Å². The van der Waals surface area contributed by atoms with E-state index >= 15 is 0 Å². The van der Waals surface area contributed by atoms with Crippen LogP contribution in [0.2, 0.25) is 5.02 Å². The van der Waals surface area contributed by atoms with Crippen molar-refractivity contribution < 1.29 is 4.74 Å².